The molecular weight excluding hydrogens is 343 g/mol. The molecule has 1 heterocycles. The second-order valence-corrected chi connectivity index (χ2v) is 5.80. The van der Waals surface area contributed by atoms with Crippen LogP contribution in [-0.2, 0) is 0 Å². The third kappa shape index (κ3) is 3.37. The molecular formula is C16H15Cl3N2O. The molecule has 1 aromatic heterocycles. The normalized spacial score (nSPS) is 11.6. The minimum absolute atomic E-state index is 0.260. The Kier molecular flexibility index (Phi) is 5.68. The summed E-state index contributed by atoms with van der Waals surface area (Å²) in [6.45, 7) is 4.01. The molecule has 0 fully saturated rings. The van der Waals surface area contributed by atoms with Gasteiger partial charge in [-0.2, -0.15) is 0 Å². The highest BCUT2D eigenvalue weighted by molar-refractivity contribution is 6.37. The smallest absolute Gasteiger partial charge is 0.160 e. The van der Waals surface area contributed by atoms with Crippen molar-refractivity contribution in [2.24, 2.45) is 0 Å². The summed E-state index contributed by atoms with van der Waals surface area (Å²) in [6.07, 6.45) is 2.93. The number of aromatic nitrogens is 2. The fourth-order valence-corrected chi connectivity index (χ4v) is 3.01. The van der Waals surface area contributed by atoms with Crippen molar-refractivity contribution in [2.75, 3.05) is 7.11 Å². The summed E-state index contributed by atoms with van der Waals surface area (Å²) in [7, 11) is 1.59. The fraction of sp³-hybridized carbons (Fsp3) is 0.250. The predicted molar refractivity (Wildman–Crippen MR) is 93.0 cm³/mol. The molecule has 0 saturated carbocycles. The van der Waals surface area contributed by atoms with E-state index in [9.17, 15) is 0 Å². The van der Waals surface area contributed by atoms with Crippen LogP contribution in [0.5, 0.6) is 5.75 Å². The first-order valence-electron chi connectivity index (χ1n) is 6.72. The second kappa shape index (κ2) is 7.32. The number of nitrogens with zero attached hydrogens (tertiary/aromatic N) is 2. The van der Waals surface area contributed by atoms with Gasteiger partial charge in [-0.15, -0.1) is 10.2 Å². The van der Waals surface area contributed by atoms with Crippen LogP contribution in [0.2, 0.25) is 15.3 Å². The number of methoxy groups -OCH3 is 1. The third-order valence-electron chi connectivity index (χ3n) is 3.24. The summed E-state index contributed by atoms with van der Waals surface area (Å²) >= 11 is 18.9. The van der Waals surface area contributed by atoms with Crippen molar-refractivity contribution in [3.63, 3.8) is 0 Å². The van der Waals surface area contributed by atoms with Crippen LogP contribution >= 0.6 is 34.8 Å². The highest BCUT2D eigenvalue weighted by Gasteiger charge is 2.19. The number of benzene rings is 1. The Morgan fingerprint density at radius 2 is 1.86 bits per heavy atom. The Bertz CT molecular complexity index is 730. The summed E-state index contributed by atoms with van der Waals surface area (Å²) in [4.78, 5) is 0. The molecule has 0 bridgehead atoms. The summed E-state index contributed by atoms with van der Waals surface area (Å²) in [5.74, 6) is 0.667. The monoisotopic (exact) mass is 356 g/mol. The Morgan fingerprint density at radius 3 is 2.45 bits per heavy atom. The summed E-state index contributed by atoms with van der Waals surface area (Å²) in [6, 6.07) is 5.38. The first-order valence-corrected chi connectivity index (χ1v) is 7.85. The van der Waals surface area contributed by atoms with E-state index in [1.165, 1.54) is 0 Å². The third-order valence-corrected chi connectivity index (χ3v) is 4.08. The average Bonchev–Trinajstić information content (AvgIpc) is 2.49. The van der Waals surface area contributed by atoms with Crippen molar-refractivity contribution in [1.29, 1.82) is 0 Å². The lowest BCUT2D eigenvalue weighted by Gasteiger charge is -2.14. The van der Waals surface area contributed by atoms with Gasteiger partial charge in [-0.3, -0.25) is 0 Å². The van der Waals surface area contributed by atoms with Gasteiger partial charge in [-0.05, 0) is 37.1 Å². The molecule has 6 heteroatoms. The number of ether oxygens (including phenoxy) is 1. The molecule has 1 aromatic carbocycles. The van der Waals surface area contributed by atoms with Crippen LogP contribution in [0.3, 0.4) is 0 Å². The minimum Gasteiger partial charge on any atom is -0.497 e. The molecule has 0 N–H and O–H groups in total. The molecule has 3 nitrogen and oxygen atoms in total. The van der Waals surface area contributed by atoms with Crippen LogP contribution in [0.1, 0.15) is 25.8 Å². The van der Waals surface area contributed by atoms with E-state index in [1.807, 2.05) is 26.0 Å². The molecule has 0 amide bonds. The molecule has 22 heavy (non-hydrogen) atoms. The van der Waals surface area contributed by atoms with Crippen molar-refractivity contribution < 1.29 is 4.74 Å². The van der Waals surface area contributed by atoms with Crippen molar-refractivity contribution in [3.8, 4) is 16.9 Å². The average molecular weight is 358 g/mol. The van der Waals surface area contributed by atoms with Gasteiger partial charge in [0.1, 0.15) is 5.75 Å². The summed E-state index contributed by atoms with van der Waals surface area (Å²) < 4.78 is 5.17. The number of rotatable bonds is 4. The van der Waals surface area contributed by atoms with Crippen molar-refractivity contribution in [1.82, 2.24) is 10.2 Å². The van der Waals surface area contributed by atoms with E-state index in [0.29, 0.717) is 21.5 Å². The van der Waals surface area contributed by atoms with E-state index in [4.69, 9.17) is 39.5 Å². The van der Waals surface area contributed by atoms with Crippen molar-refractivity contribution in [3.05, 3.63) is 45.2 Å². The number of halogens is 3. The molecule has 0 radical (unpaired) electrons. The first kappa shape index (κ1) is 17.1. The van der Waals surface area contributed by atoms with Crippen LogP contribution in [0.4, 0.5) is 0 Å². The predicted octanol–water partition coefficient (Wildman–Crippen LogP) is 5.93. The minimum atomic E-state index is 0.260. The quantitative estimate of drug-likeness (QED) is 0.680. The Labute approximate surface area is 144 Å². The van der Waals surface area contributed by atoms with Gasteiger partial charge >= 0.3 is 0 Å². The molecule has 2 aromatic rings. The lowest BCUT2D eigenvalue weighted by molar-refractivity contribution is 0.415. The second-order valence-electron chi connectivity index (χ2n) is 4.67. The lowest BCUT2D eigenvalue weighted by atomic mass is 9.97. The molecule has 0 saturated heterocycles. The maximum atomic E-state index is 6.37. The number of allylic oxidation sites excluding steroid dienone is 2. The standard InChI is InChI=1S/C16H15Cl3N2O/c1-4-5-9(2)13-14(16(19)21-20-15(13)18)11-7-6-10(22-3)8-12(11)17/h5-8H,4H2,1-3H3/b9-5+. The van der Waals surface area contributed by atoms with Crippen molar-refractivity contribution in [2.45, 2.75) is 20.3 Å². The zero-order chi connectivity index (χ0) is 16.3. The van der Waals surface area contributed by atoms with E-state index in [1.54, 1.807) is 13.2 Å². The molecule has 0 atom stereocenters. The van der Waals surface area contributed by atoms with Gasteiger partial charge in [0, 0.05) is 16.7 Å². The number of hydrogen-bond donors (Lipinski definition) is 0. The van der Waals surface area contributed by atoms with Gasteiger partial charge in [0.05, 0.1) is 12.1 Å². The Balaban J connectivity index is 2.75. The zero-order valence-corrected chi connectivity index (χ0v) is 14.7. The van der Waals surface area contributed by atoms with Crippen LogP contribution in [0, 0.1) is 0 Å². The highest BCUT2D eigenvalue weighted by atomic mass is 35.5. The molecule has 0 unspecified atom stereocenters. The summed E-state index contributed by atoms with van der Waals surface area (Å²) in [5.41, 5.74) is 3.14. The fourth-order valence-electron chi connectivity index (χ4n) is 2.23. The van der Waals surface area contributed by atoms with E-state index >= 15 is 0 Å². The van der Waals surface area contributed by atoms with Gasteiger partial charge in [-0.25, -0.2) is 0 Å². The molecule has 0 aliphatic rings. The maximum absolute atomic E-state index is 6.37. The van der Waals surface area contributed by atoms with Crippen molar-refractivity contribution >= 4 is 40.4 Å². The zero-order valence-electron chi connectivity index (χ0n) is 12.5. The van der Waals surface area contributed by atoms with Crippen LogP contribution in [0.25, 0.3) is 16.7 Å². The van der Waals surface area contributed by atoms with E-state index in [-0.39, 0.29) is 5.15 Å². The van der Waals surface area contributed by atoms with Gasteiger partial charge < -0.3 is 4.74 Å². The van der Waals surface area contributed by atoms with Crippen LogP contribution in [0.15, 0.2) is 24.3 Å². The SMILES string of the molecule is CC/C=C(\C)c1c(Cl)nnc(Cl)c1-c1ccc(OC)cc1Cl. The Hall–Kier alpha value is -1.29. The molecule has 2 rings (SSSR count). The lowest BCUT2D eigenvalue weighted by Crippen LogP contribution is -1.97. The molecule has 116 valence electrons. The first-order chi connectivity index (χ1) is 10.5. The maximum Gasteiger partial charge on any atom is 0.160 e. The Morgan fingerprint density at radius 1 is 1.18 bits per heavy atom. The summed E-state index contributed by atoms with van der Waals surface area (Å²) in [5, 5.41) is 8.88. The van der Waals surface area contributed by atoms with Crippen LogP contribution in [-0.4, -0.2) is 17.3 Å². The topological polar surface area (TPSA) is 35.0 Å². The van der Waals surface area contributed by atoms with Gasteiger partial charge in [-0.1, -0.05) is 47.8 Å². The van der Waals surface area contributed by atoms with E-state index < -0.39 is 0 Å². The molecule has 0 aliphatic heterocycles. The van der Waals surface area contributed by atoms with E-state index in [0.717, 1.165) is 23.1 Å². The van der Waals surface area contributed by atoms with Gasteiger partial charge in [0.25, 0.3) is 0 Å². The number of hydrogen-bond acceptors (Lipinski definition) is 3. The molecule has 0 spiro atoms. The highest BCUT2D eigenvalue weighted by Crippen LogP contribution is 2.41. The van der Waals surface area contributed by atoms with Gasteiger partial charge in [0.15, 0.2) is 10.3 Å². The molecule has 0 aliphatic carbocycles. The van der Waals surface area contributed by atoms with Gasteiger partial charge in [0.2, 0.25) is 0 Å². The van der Waals surface area contributed by atoms with Crippen LogP contribution < -0.4 is 4.74 Å². The largest absolute Gasteiger partial charge is 0.497 e. The van der Waals surface area contributed by atoms with E-state index in [2.05, 4.69) is 16.3 Å².